The lowest BCUT2D eigenvalue weighted by molar-refractivity contribution is 0.0775. The van der Waals surface area contributed by atoms with Gasteiger partial charge in [-0.2, -0.15) is 0 Å². The van der Waals surface area contributed by atoms with Crippen molar-refractivity contribution in [3.05, 3.63) is 65.0 Å². The molecule has 3 nitrogen and oxygen atoms in total. The Balaban J connectivity index is 2.24. The molecule has 0 aliphatic rings. The molecule has 0 heterocycles. The molecule has 110 valence electrons. The van der Waals surface area contributed by atoms with E-state index < -0.39 is 28.9 Å². The van der Waals surface area contributed by atoms with Gasteiger partial charge in [0, 0.05) is 31.4 Å². The molecule has 0 aliphatic heterocycles. The maximum absolute atomic E-state index is 13.6. The van der Waals surface area contributed by atoms with Crippen LogP contribution in [0.2, 0.25) is 0 Å². The lowest BCUT2D eigenvalue weighted by Gasteiger charge is -2.18. The van der Waals surface area contributed by atoms with Crippen LogP contribution in [0, 0.1) is 17.5 Å². The summed E-state index contributed by atoms with van der Waals surface area (Å²) in [5, 5.41) is 0. The van der Waals surface area contributed by atoms with Gasteiger partial charge in [-0.25, -0.2) is 13.2 Å². The normalized spacial score (nSPS) is 10.5. The Bertz CT molecular complexity index is 665. The Morgan fingerprint density at radius 3 is 2.33 bits per heavy atom. The zero-order valence-electron chi connectivity index (χ0n) is 11.2. The van der Waals surface area contributed by atoms with Crippen LogP contribution in [-0.2, 0) is 6.54 Å². The molecule has 21 heavy (non-hydrogen) atoms. The molecule has 1 amide bonds. The zero-order valence-corrected chi connectivity index (χ0v) is 11.2. The van der Waals surface area contributed by atoms with Crippen LogP contribution in [0.15, 0.2) is 36.4 Å². The third-order valence-electron chi connectivity index (χ3n) is 2.94. The topological polar surface area (TPSA) is 46.3 Å². The molecule has 0 spiro atoms. The summed E-state index contributed by atoms with van der Waals surface area (Å²) in [5.74, 6) is -4.39. The number of carbonyl (C=O) groups is 1. The van der Waals surface area contributed by atoms with Gasteiger partial charge in [0.25, 0.3) is 5.91 Å². The average Bonchev–Trinajstić information content (AvgIpc) is 2.37. The molecule has 0 unspecified atom stereocenters. The predicted molar refractivity (Wildman–Crippen MR) is 73.0 cm³/mol. The quantitative estimate of drug-likeness (QED) is 0.885. The molecule has 6 heteroatoms. The Hall–Kier alpha value is -2.50. The first-order valence-electron chi connectivity index (χ1n) is 6.13. The molecule has 0 radical (unpaired) electrons. The number of hydrogen-bond acceptors (Lipinski definition) is 2. The lowest BCUT2D eigenvalue weighted by Crippen LogP contribution is -2.28. The number of benzene rings is 2. The van der Waals surface area contributed by atoms with E-state index in [9.17, 15) is 18.0 Å². The summed E-state index contributed by atoms with van der Waals surface area (Å²) in [4.78, 5) is 13.2. The summed E-state index contributed by atoms with van der Waals surface area (Å²) < 4.78 is 40.0. The average molecular weight is 294 g/mol. The third kappa shape index (κ3) is 3.34. The fraction of sp³-hybridized carbons (Fsp3) is 0.133. The van der Waals surface area contributed by atoms with E-state index in [0.29, 0.717) is 23.4 Å². The van der Waals surface area contributed by atoms with Crippen molar-refractivity contribution >= 4 is 11.6 Å². The second kappa shape index (κ2) is 5.87. The van der Waals surface area contributed by atoms with Crippen LogP contribution < -0.4 is 5.73 Å². The van der Waals surface area contributed by atoms with Crippen LogP contribution in [0.3, 0.4) is 0 Å². The number of rotatable bonds is 3. The van der Waals surface area contributed by atoms with Gasteiger partial charge in [0.05, 0.1) is 0 Å². The lowest BCUT2D eigenvalue weighted by atomic mass is 10.1. The van der Waals surface area contributed by atoms with Crippen LogP contribution in [0.1, 0.15) is 15.9 Å². The molecule has 0 aromatic heterocycles. The number of nitrogens with two attached hydrogens (primary N) is 1. The van der Waals surface area contributed by atoms with Crippen LogP contribution in [0.25, 0.3) is 0 Å². The second-order valence-electron chi connectivity index (χ2n) is 4.65. The van der Waals surface area contributed by atoms with Crippen LogP contribution in [0.5, 0.6) is 0 Å². The van der Waals surface area contributed by atoms with Crippen LogP contribution >= 0.6 is 0 Å². The van der Waals surface area contributed by atoms with Crippen LogP contribution in [-0.4, -0.2) is 17.9 Å². The summed E-state index contributed by atoms with van der Waals surface area (Å²) in [6, 6.07) is 7.74. The minimum atomic E-state index is -1.23. The zero-order chi connectivity index (χ0) is 15.6. The molecule has 0 saturated heterocycles. The molecule has 0 fully saturated rings. The van der Waals surface area contributed by atoms with Crippen molar-refractivity contribution in [2.24, 2.45) is 0 Å². The summed E-state index contributed by atoms with van der Waals surface area (Å²) >= 11 is 0. The molecular formula is C15H13F3N2O. The molecule has 2 rings (SSSR count). The van der Waals surface area contributed by atoms with E-state index in [4.69, 9.17) is 5.73 Å². The number of carbonyl (C=O) groups excluding carboxylic acids is 1. The highest BCUT2D eigenvalue weighted by Gasteiger charge is 2.22. The van der Waals surface area contributed by atoms with Crippen molar-refractivity contribution in [2.45, 2.75) is 6.54 Å². The van der Waals surface area contributed by atoms with E-state index in [1.54, 1.807) is 24.3 Å². The number of anilines is 1. The smallest absolute Gasteiger partial charge is 0.259 e. The Morgan fingerprint density at radius 1 is 1.14 bits per heavy atom. The summed E-state index contributed by atoms with van der Waals surface area (Å²) in [7, 11) is 1.40. The van der Waals surface area contributed by atoms with Gasteiger partial charge in [0.2, 0.25) is 0 Å². The highest BCUT2D eigenvalue weighted by Crippen LogP contribution is 2.18. The SMILES string of the molecule is CN(Cc1cccc(N)c1)C(=O)c1c(F)cc(F)cc1F. The number of hydrogen-bond donors (Lipinski definition) is 1. The Labute approximate surface area is 119 Å². The highest BCUT2D eigenvalue weighted by molar-refractivity contribution is 5.94. The maximum atomic E-state index is 13.6. The van der Waals surface area contributed by atoms with Crippen molar-refractivity contribution in [1.29, 1.82) is 0 Å². The van der Waals surface area contributed by atoms with E-state index in [1.807, 2.05) is 0 Å². The van der Waals surface area contributed by atoms with Gasteiger partial charge < -0.3 is 10.6 Å². The van der Waals surface area contributed by atoms with Gasteiger partial charge in [0.15, 0.2) is 0 Å². The summed E-state index contributed by atoms with van der Waals surface area (Å²) in [6.07, 6.45) is 0. The fourth-order valence-electron chi connectivity index (χ4n) is 1.97. The number of halogens is 3. The van der Waals surface area contributed by atoms with Crippen molar-refractivity contribution in [3.63, 3.8) is 0 Å². The molecule has 0 bridgehead atoms. The van der Waals surface area contributed by atoms with E-state index in [2.05, 4.69) is 0 Å². The molecule has 0 atom stereocenters. The predicted octanol–water partition coefficient (Wildman–Crippen LogP) is 2.96. The van der Waals surface area contributed by atoms with Crippen molar-refractivity contribution in [3.8, 4) is 0 Å². The van der Waals surface area contributed by atoms with E-state index in [-0.39, 0.29) is 6.54 Å². The van der Waals surface area contributed by atoms with E-state index in [1.165, 1.54) is 7.05 Å². The maximum Gasteiger partial charge on any atom is 0.259 e. The standard InChI is InChI=1S/C15H13F3N2O/c1-20(8-9-3-2-4-11(19)5-9)15(21)14-12(17)6-10(16)7-13(14)18/h2-7H,8,19H2,1H3. The first-order chi connectivity index (χ1) is 9.88. The van der Waals surface area contributed by atoms with Crippen molar-refractivity contribution in [1.82, 2.24) is 4.90 Å². The third-order valence-corrected chi connectivity index (χ3v) is 2.94. The first kappa shape index (κ1) is 14.9. The largest absolute Gasteiger partial charge is 0.399 e. The van der Waals surface area contributed by atoms with E-state index >= 15 is 0 Å². The summed E-state index contributed by atoms with van der Waals surface area (Å²) in [6.45, 7) is 0.125. The monoisotopic (exact) mass is 294 g/mol. The number of amides is 1. The molecule has 2 aromatic rings. The molecule has 0 aliphatic carbocycles. The van der Waals surface area contributed by atoms with Gasteiger partial charge in [0.1, 0.15) is 23.0 Å². The van der Waals surface area contributed by atoms with E-state index in [0.717, 1.165) is 4.90 Å². The van der Waals surface area contributed by atoms with Gasteiger partial charge in [-0.3, -0.25) is 4.79 Å². The number of nitrogen functional groups attached to an aromatic ring is 1. The Morgan fingerprint density at radius 2 is 1.76 bits per heavy atom. The minimum absolute atomic E-state index is 0.125. The molecular weight excluding hydrogens is 281 g/mol. The second-order valence-corrected chi connectivity index (χ2v) is 4.65. The number of nitrogens with zero attached hydrogens (tertiary/aromatic N) is 1. The molecule has 2 N–H and O–H groups in total. The Kier molecular flexibility index (Phi) is 4.16. The van der Waals surface area contributed by atoms with Gasteiger partial charge in [-0.05, 0) is 17.7 Å². The fourth-order valence-corrected chi connectivity index (χ4v) is 1.97. The van der Waals surface area contributed by atoms with Crippen molar-refractivity contribution in [2.75, 3.05) is 12.8 Å². The van der Waals surface area contributed by atoms with Crippen molar-refractivity contribution < 1.29 is 18.0 Å². The van der Waals surface area contributed by atoms with Gasteiger partial charge in [-0.15, -0.1) is 0 Å². The van der Waals surface area contributed by atoms with Gasteiger partial charge >= 0.3 is 0 Å². The summed E-state index contributed by atoms with van der Waals surface area (Å²) in [5.41, 5.74) is 6.08. The minimum Gasteiger partial charge on any atom is -0.399 e. The first-order valence-corrected chi connectivity index (χ1v) is 6.13. The molecule has 0 saturated carbocycles. The molecule has 2 aromatic carbocycles. The highest BCUT2D eigenvalue weighted by atomic mass is 19.1. The van der Waals surface area contributed by atoms with Crippen LogP contribution in [0.4, 0.5) is 18.9 Å². The van der Waals surface area contributed by atoms with Gasteiger partial charge in [-0.1, -0.05) is 12.1 Å².